The third-order valence-corrected chi connectivity index (χ3v) is 3.06. The van der Waals surface area contributed by atoms with Gasteiger partial charge in [0.1, 0.15) is 11.5 Å². The normalized spacial score (nSPS) is 14.1. The molecule has 1 aliphatic rings. The Morgan fingerprint density at radius 3 is 3.00 bits per heavy atom. The van der Waals surface area contributed by atoms with Gasteiger partial charge in [-0.3, -0.25) is 4.98 Å². The molecule has 18 heavy (non-hydrogen) atoms. The summed E-state index contributed by atoms with van der Waals surface area (Å²) in [6.07, 6.45) is 2.70. The molecule has 0 fully saturated rings. The van der Waals surface area contributed by atoms with Crippen molar-refractivity contribution in [1.29, 1.82) is 0 Å². The summed E-state index contributed by atoms with van der Waals surface area (Å²) in [5, 5.41) is 6.49. The van der Waals surface area contributed by atoms with E-state index in [0.29, 0.717) is 5.82 Å². The highest BCUT2D eigenvalue weighted by atomic mass is 15.1. The quantitative estimate of drug-likeness (QED) is 0.828. The first-order chi connectivity index (χ1) is 8.88. The highest BCUT2D eigenvalue weighted by Gasteiger charge is 2.17. The number of pyridine rings is 1. The van der Waals surface area contributed by atoms with Crippen LogP contribution in [-0.4, -0.2) is 28.5 Å². The van der Waals surface area contributed by atoms with Gasteiger partial charge in [-0.2, -0.15) is 0 Å². The number of rotatable bonds is 2. The Hall–Kier alpha value is -2.01. The molecular formula is C13H15N5. The van der Waals surface area contributed by atoms with Crippen LogP contribution in [0.5, 0.6) is 0 Å². The molecule has 0 saturated heterocycles. The molecule has 3 heterocycles. The summed E-state index contributed by atoms with van der Waals surface area (Å²) in [6.45, 7) is 1.79. The molecule has 0 bridgehead atoms. The molecule has 92 valence electrons. The van der Waals surface area contributed by atoms with E-state index in [9.17, 15) is 0 Å². The minimum atomic E-state index is 0.695. The van der Waals surface area contributed by atoms with E-state index in [0.717, 1.165) is 36.7 Å². The van der Waals surface area contributed by atoms with Gasteiger partial charge < -0.3 is 10.6 Å². The topological polar surface area (TPSA) is 62.7 Å². The fourth-order valence-electron chi connectivity index (χ4n) is 2.16. The van der Waals surface area contributed by atoms with Crippen LogP contribution in [0.15, 0.2) is 24.4 Å². The van der Waals surface area contributed by atoms with Gasteiger partial charge in [0.2, 0.25) is 0 Å². The zero-order valence-electron chi connectivity index (χ0n) is 10.3. The van der Waals surface area contributed by atoms with Gasteiger partial charge in [0.05, 0.1) is 5.69 Å². The van der Waals surface area contributed by atoms with Gasteiger partial charge in [-0.15, -0.1) is 0 Å². The van der Waals surface area contributed by atoms with Gasteiger partial charge >= 0.3 is 0 Å². The van der Waals surface area contributed by atoms with Gasteiger partial charge in [-0.1, -0.05) is 6.07 Å². The van der Waals surface area contributed by atoms with Crippen molar-refractivity contribution in [3.8, 4) is 11.5 Å². The zero-order valence-corrected chi connectivity index (χ0v) is 10.3. The van der Waals surface area contributed by atoms with E-state index in [1.807, 2.05) is 25.2 Å². The largest absolute Gasteiger partial charge is 0.373 e. The van der Waals surface area contributed by atoms with Crippen LogP contribution in [0.3, 0.4) is 0 Å². The molecular weight excluding hydrogens is 226 g/mol. The van der Waals surface area contributed by atoms with Crippen LogP contribution >= 0.6 is 0 Å². The first-order valence-electron chi connectivity index (χ1n) is 6.08. The number of fused-ring (bicyclic) bond motifs is 1. The van der Waals surface area contributed by atoms with Crippen molar-refractivity contribution >= 4 is 5.82 Å². The van der Waals surface area contributed by atoms with Crippen molar-refractivity contribution in [1.82, 2.24) is 20.3 Å². The van der Waals surface area contributed by atoms with Crippen molar-refractivity contribution in [2.45, 2.75) is 13.0 Å². The maximum Gasteiger partial charge on any atom is 0.180 e. The second-order valence-corrected chi connectivity index (χ2v) is 4.21. The van der Waals surface area contributed by atoms with Crippen molar-refractivity contribution in [3.05, 3.63) is 35.7 Å². The fraction of sp³-hybridized carbons (Fsp3) is 0.308. The predicted molar refractivity (Wildman–Crippen MR) is 70.2 cm³/mol. The lowest BCUT2D eigenvalue weighted by atomic mass is 10.1. The fourth-order valence-corrected chi connectivity index (χ4v) is 2.16. The first kappa shape index (κ1) is 11.1. The Kier molecular flexibility index (Phi) is 2.90. The Morgan fingerprint density at radius 1 is 1.28 bits per heavy atom. The average molecular weight is 241 g/mol. The van der Waals surface area contributed by atoms with Crippen LogP contribution < -0.4 is 10.6 Å². The third-order valence-electron chi connectivity index (χ3n) is 3.06. The lowest BCUT2D eigenvalue weighted by molar-refractivity contribution is 0.628. The monoisotopic (exact) mass is 241 g/mol. The SMILES string of the molecule is CNc1nc(-c2ccccn2)nc2c1CNCC2. The third kappa shape index (κ3) is 1.93. The molecule has 3 rings (SSSR count). The summed E-state index contributed by atoms with van der Waals surface area (Å²) >= 11 is 0. The number of aromatic nitrogens is 3. The van der Waals surface area contributed by atoms with Gasteiger partial charge in [0.25, 0.3) is 0 Å². The van der Waals surface area contributed by atoms with Crippen LogP contribution in [0, 0.1) is 0 Å². The molecule has 5 heteroatoms. The number of hydrogen-bond donors (Lipinski definition) is 2. The minimum Gasteiger partial charge on any atom is -0.373 e. The zero-order chi connectivity index (χ0) is 12.4. The molecule has 0 aliphatic carbocycles. The lowest BCUT2D eigenvalue weighted by Crippen LogP contribution is -2.26. The molecule has 0 spiro atoms. The van der Waals surface area contributed by atoms with Crippen LogP contribution in [0.4, 0.5) is 5.82 Å². The summed E-state index contributed by atoms with van der Waals surface area (Å²) in [5.74, 6) is 1.59. The average Bonchev–Trinajstić information content (AvgIpc) is 2.47. The molecule has 5 nitrogen and oxygen atoms in total. The lowest BCUT2D eigenvalue weighted by Gasteiger charge is -2.19. The van der Waals surface area contributed by atoms with Crippen LogP contribution in [0.2, 0.25) is 0 Å². The van der Waals surface area contributed by atoms with E-state index in [1.165, 1.54) is 5.56 Å². The predicted octanol–water partition coefficient (Wildman–Crippen LogP) is 1.23. The van der Waals surface area contributed by atoms with Gasteiger partial charge in [-0.25, -0.2) is 9.97 Å². The molecule has 2 aromatic heterocycles. The number of hydrogen-bond acceptors (Lipinski definition) is 5. The maximum absolute atomic E-state index is 4.64. The van der Waals surface area contributed by atoms with Crippen molar-refractivity contribution in [3.63, 3.8) is 0 Å². The van der Waals surface area contributed by atoms with Crippen molar-refractivity contribution in [2.75, 3.05) is 18.9 Å². The maximum atomic E-state index is 4.64. The first-order valence-corrected chi connectivity index (χ1v) is 6.08. The molecule has 0 radical (unpaired) electrons. The molecule has 2 N–H and O–H groups in total. The number of nitrogens with zero attached hydrogens (tertiary/aromatic N) is 3. The second kappa shape index (κ2) is 4.70. The van der Waals surface area contributed by atoms with Crippen LogP contribution in [0.25, 0.3) is 11.5 Å². The number of nitrogens with one attached hydrogen (secondary N) is 2. The Morgan fingerprint density at radius 2 is 2.22 bits per heavy atom. The standard InChI is InChI=1S/C13H15N5/c1-14-12-9-8-15-7-5-10(9)17-13(18-12)11-4-2-3-6-16-11/h2-4,6,15H,5,7-8H2,1H3,(H,14,17,18). The van der Waals surface area contributed by atoms with Gasteiger partial charge in [0, 0.05) is 38.3 Å². The van der Waals surface area contributed by atoms with Crippen LogP contribution in [-0.2, 0) is 13.0 Å². The highest BCUT2D eigenvalue weighted by Crippen LogP contribution is 2.23. The van der Waals surface area contributed by atoms with E-state index in [4.69, 9.17) is 0 Å². The smallest absolute Gasteiger partial charge is 0.180 e. The van der Waals surface area contributed by atoms with E-state index in [1.54, 1.807) is 6.20 Å². The Balaban J connectivity index is 2.12. The number of anilines is 1. The molecule has 1 aliphatic heterocycles. The van der Waals surface area contributed by atoms with E-state index in [2.05, 4.69) is 25.6 Å². The molecule has 0 unspecified atom stereocenters. The molecule has 0 saturated carbocycles. The summed E-state index contributed by atoms with van der Waals surface area (Å²) in [4.78, 5) is 13.5. The van der Waals surface area contributed by atoms with Gasteiger partial charge in [0.15, 0.2) is 5.82 Å². The molecule has 0 amide bonds. The minimum absolute atomic E-state index is 0.695. The Bertz CT molecular complexity index is 536. The van der Waals surface area contributed by atoms with Gasteiger partial charge in [-0.05, 0) is 12.1 Å². The van der Waals surface area contributed by atoms with Crippen molar-refractivity contribution < 1.29 is 0 Å². The summed E-state index contributed by atoms with van der Waals surface area (Å²) in [7, 11) is 1.89. The van der Waals surface area contributed by atoms with Crippen LogP contribution in [0.1, 0.15) is 11.3 Å². The van der Waals surface area contributed by atoms with E-state index >= 15 is 0 Å². The Labute approximate surface area is 106 Å². The summed E-state index contributed by atoms with van der Waals surface area (Å²) < 4.78 is 0. The van der Waals surface area contributed by atoms with Crippen molar-refractivity contribution in [2.24, 2.45) is 0 Å². The molecule has 0 atom stereocenters. The molecule has 2 aromatic rings. The highest BCUT2D eigenvalue weighted by molar-refractivity contribution is 5.56. The summed E-state index contributed by atoms with van der Waals surface area (Å²) in [6, 6.07) is 5.78. The van der Waals surface area contributed by atoms with E-state index in [-0.39, 0.29) is 0 Å². The summed E-state index contributed by atoms with van der Waals surface area (Å²) in [5.41, 5.74) is 3.10. The second-order valence-electron chi connectivity index (χ2n) is 4.21. The van der Waals surface area contributed by atoms with E-state index < -0.39 is 0 Å². The molecule has 0 aromatic carbocycles.